The Hall–Kier alpha value is -3.46. The van der Waals surface area contributed by atoms with Crippen LogP contribution in [0.4, 0.5) is 11.5 Å². The third kappa shape index (κ3) is 4.09. The first-order valence-electron chi connectivity index (χ1n) is 10.3. The normalized spacial score (nSPS) is 18.4. The highest BCUT2D eigenvalue weighted by atomic mass is 16.5. The summed E-state index contributed by atoms with van der Waals surface area (Å²) in [5, 5.41) is 0. The van der Waals surface area contributed by atoms with E-state index in [0.717, 1.165) is 17.7 Å². The van der Waals surface area contributed by atoms with Gasteiger partial charge in [-0.1, -0.05) is 24.8 Å². The molecule has 0 spiro atoms. The van der Waals surface area contributed by atoms with Gasteiger partial charge in [0.25, 0.3) is 5.91 Å². The summed E-state index contributed by atoms with van der Waals surface area (Å²) in [7, 11) is 1.47. The number of nitrogens with two attached hydrogens (primary N) is 1. The van der Waals surface area contributed by atoms with E-state index in [9.17, 15) is 9.59 Å². The second-order valence-corrected chi connectivity index (χ2v) is 7.52. The van der Waals surface area contributed by atoms with Gasteiger partial charge in [0.2, 0.25) is 5.91 Å². The molecule has 31 heavy (non-hydrogen) atoms. The summed E-state index contributed by atoms with van der Waals surface area (Å²) in [6, 6.07) is 9.55. The molecule has 9 heteroatoms. The van der Waals surface area contributed by atoms with Gasteiger partial charge >= 0.3 is 6.01 Å². The summed E-state index contributed by atoms with van der Waals surface area (Å²) in [4.78, 5) is 39.4. The summed E-state index contributed by atoms with van der Waals surface area (Å²) in [5.41, 5.74) is 8.43. The van der Waals surface area contributed by atoms with E-state index in [0.29, 0.717) is 38.4 Å². The highest BCUT2D eigenvalue weighted by molar-refractivity contribution is 6.06. The van der Waals surface area contributed by atoms with Gasteiger partial charge in [-0.25, -0.2) is 0 Å². The fourth-order valence-corrected chi connectivity index (χ4v) is 4.01. The molecule has 9 nitrogen and oxygen atoms in total. The number of rotatable bonds is 4. The van der Waals surface area contributed by atoms with Crippen LogP contribution < -0.4 is 20.3 Å². The van der Waals surface area contributed by atoms with Crippen molar-refractivity contribution >= 4 is 23.3 Å². The van der Waals surface area contributed by atoms with E-state index in [1.165, 1.54) is 13.2 Å². The lowest BCUT2D eigenvalue weighted by Crippen LogP contribution is -2.50. The Kier molecular flexibility index (Phi) is 5.85. The van der Waals surface area contributed by atoms with Crippen LogP contribution in [0.1, 0.15) is 22.5 Å². The smallest absolute Gasteiger partial charge is 0.318 e. The number of para-hydroxylation sites is 1. The number of hydrogen-bond donors (Lipinski definition) is 1. The molecule has 1 aromatic heterocycles. The molecule has 2 N–H and O–H groups in total. The largest absolute Gasteiger partial charge is 0.467 e. The van der Waals surface area contributed by atoms with Gasteiger partial charge in [-0.2, -0.15) is 9.97 Å². The van der Waals surface area contributed by atoms with Gasteiger partial charge in [-0.05, 0) is 30.5 Å². The highest BCUT2D eigenvalue weighted by Gasteiger charge is 2.31. The minimum absolute atomic E-state index is 0.0893. The predicted octanol–water partition coefficient (Wildman–Crippen LogP) is 1.20. The first-order valence-corrected chi connectivity index (χ1v) is 10.3. The topological polar surface area (TPSA) is 105 Å². The summed E-state index contributed by atoms with van der Waals surface area (Å²) in [6.07, 6.45) is 2.39. The number of carbonyl (C=O) groups is 2. The molecular weight excluding hydrogens is 396 g/mol. The van der Waals surface area contributed by atoms with Crippen LogP contribution in [0.5, 0.6) is 6.01 Å². The van der Waals surface area contributed by atoms with Crippen LogP contribution >= 0.6 is 0 Å². The standard InChI is InChI=1S/C22H26N6O3/c1-3-20(29)27-12-10-26(11-13-27)19-14-16(24-22(25-19)31-2)21(30)28-17-7-5-4-6-15(17)8-9-18(28)23/h3-7,14,18H,1,8-13,23H2,2H3. The van der Waals surface area contributed by atoms with E-state index < -0.39 is 6.17 Å². The zero-order valence-corrected chi connectivity index (χ0v) is 17.5. The number of aromatic nitrogens is 2. The average molecular weight is 422 g/mol. The number of aryl methyl sites for hydroxylation is 1. The lowest BCUT2D eigenvalue weighted by atomic mass is 9.99. The molecule has 2 aliphatic heterocycles. The van der Waals surface area contributed by atoms with Gasteiger partial charge in [0.05, 0.1) is 13.3 Å². The van der Waals surface area contributed by atoms with E-state index in [2.05, 4.69) is 16.5 Å². The number of benzene rings is 1. The van der Waals surface area contributed by atoms with Crippen molar-refractivity contribution in [2.45, 2.75) is 19.0 Å². The zero-order chi connectivity index (χ0) is 22.0. The highest BCUT2D eigenvalue weighted by Crippen LogP contribution is 2.30. The number of anilines is 2. The van der Waals surface area contributed by atoms with Gasteiger partial charge in [0, 0.05) is 37.9 Å². The molecule has 1 atom stereocenters. The van der Waals surface area contributed by atoms with E-state index in [1.54, 1.807) is 15.9 Å². The van der Waals surface area contributed by atoms with Crippen molar-refractivity contribution in [2.24, 2.45) is 5.73 Å². The van der Waals surface area contributed by atoms with Gasteiger partial charge in [0.15, 0.2) is 0 Å². The van der Waals surface area contributed by atoms with Crippen LogP contribution in [0.25, 0.3) is 0 Å². The second kappa shape index (κ2) is 8.73. The van der Waals surface area contributed by atoms with Crippen LogP contribution in [-0.4, -0.2) is 66.1 Å². The SMILES string of the molecule is C=CC(=O)N1CCN(c2cc(C(=O)N3c4ccccc4CCC3N)nc(OC)n2)CC1. The monoisotopic (exact) mass is 422 g/mol. The number of amides is 2. The summed E-state index contributed by atoms with van der Waals surface area (Å²) in [5.74, 6) is 0.204. The molecule has 1 saturated heterocycles. The lowest BCUT2D eigenvalue weighted by Gasteiger charge is -2.36. The molecule has 2 amide bonds. The number of fused-ring (bicyclic) bond motifs is 1. The number of ether oxygens (including phenoxy) is 1. The first kappa shape index (κ1) is 20.8. The maximum atomic E-state index is 13.5. The zero-order valence-electron chi connectivity index (χ0n) is 17.5. The maximum absolute atomic E-state index is 13.5. The summed E-state index contributed by atoms with van der Waals surface area (Å²) in [6.45, 7) is 5.80. The third-order valence-corrected chi connectivity index (χ3v) is 5.69. The molecule has 0 saturated carbocycles. The Morgan fingerprint density at radius 1 is 1.19 bits per heavy atom. The van der Waals surface area contributed by atoms with E-state index in [4.69, 9.17) is 10.5 Å². The molecule has 3 heterocycles. The van der Waals surface area contributed by atoms with E-state index in [1.807, 2.05) is 29.2 Å². The summed E-state index contributed by atoms with van der Waals surface area (Å²) < 4.78 is 5.27. The number of piperazine rings is 1. The average Bonchev–Trinajstić information content (AvgIpc) is 2.82. The van der Waals surface area contributed by atoms with Crippen LogP contribution in [0.3, 0.4) is 0 Å². The van der Waals surface area contributed by atoms with Gasteiger partial charge in [-0.15, -0.1) is 0 Å². The molecule has 4 rings (SSSR count). The van der Waals surface area contributed by atoms with Gasteiger partial charge in [0.1, 0.15) is 11.5 Å². The first-order chi connectivity index (χ1) is 15.0. The predicted molar refractivity (Wildman–Crippen MR) is 117 cm³/mol. The van der Waals surface area contributed by atoms with Crippen molar-refractivity contribution in [1.29, 1.82) is 0 Å². The third-order valence-electron chi connectivity index (χ3n) is 5.69. The number of carbonyl (C=O) groups excluding carboxylic acids is 2. The lowest BCUT2D eigenvalue weighted by molar-refractivity contribution is -0.126. The minimum atomic E-state index is -0.430. The van der Waals surface area contributed by atoms with Gasteiger partial charge < -0.3 is 20.3 Å². The number of hydrogen-bond acceptors (Lipinski definition) is 7. The Labute approximate surface area is 181 Å². The van der Waals surface area contributed by atoms with Crippen molar-refractivity contribution in [2.75, 3.05) is 43.1 Å². The Morgan fingerprint density at radius 3 is 2.65 bits per heavy atom. The van der Waals surface area contributed by atoms with Crippen LogP contribution in [0, 0.1) is 0 Å². The second-order valence-electron chi connectivity index (χ2n) is 7.52. The molecule has 1 aromatic carbocycles. The molecule has 1 unspecified atom stereocenters. The minimum Gasteiger partial charge on any atom is -0.467 e. The molecule has 2 aromatic rings. The molecule has 162 valence electrons. The Morgan fingerprint density at radius 2 is 1.94 bits per heavy atom. The molecule has 1 fully saturated rings. The Bertz CT molecular complexity index is 1000. The fraction of sp³-hybridized carbons (Fsp3) is 0.364. The van der Waals surface area contributed by atoms with E-state index >= 15 is 0 Å². The van der Waals surface area contributed by atoms with Crippen molar-refractivity contribution in [1.82, 2.24) is 14.9 Å². The quantitative estimate of drug-likeness (QED) is 0.738. The van der Waals surface area contributed by atoms with Gasteiger partial charge in [-0.3, -0.25) is 14.5 Å². The molecule has 0 aliphatic carbocycles. The van der Waals surface area contributed by atoms with Crippen molar-refractivity contribution in [3.63, 3.8) is 0 Å². The molecular formula is C22H26N6O3. The van der Waals surface area contributed by atoms with Crippen molar-refractivity contribution in [3.8, 4) is 6.01 Å². The van der Waals surface area contributed by atoms with Crippen LogP contribution in [0.15, 0.2) is 43.0 Å². The van der Waals surface area contributed by atoms with Crippen molar-refractivity contribution < 1.29 is 14.3 Å². The number of nitrogens with zero attached hydrogens (tertiary/aromatic N) is 5. The van der Waals surface area contributed by atoms with E-state index in [-0.39, 0.29) is 23.5 Å². The van der Waals surface area contributed by atoms with Crippen LogP contribution in [-0.2, 0) is 11.2 Å². The Balaban J connectivity index is 1.62. The molecule has 2 aliphatic rings. The maximum Gasteiger partial charge on any atom is 0.318 e. The molecule has 0 radical (unpaired) electrons. The number of methoxy groups -OCH3 is 1. The molecule has 0 bridgehead atoms. The fourth-order valence-electron chi connectivity index (χ4n) is 4.01. The van der Waals surface area contributed by atoms with Crippen molar-refractivity contribution in [3.05, 3.63) is 54.2 Å². The van der Waals surface area contributed by atoms with Crippen LogP contribution in [0.2, 0.25) is 0 Å². The summed E-state index contributed by atoms with van der Waals surface area (Å²) >= 11 is 0.